The maximum atomic E-state index is 12.5. The number of hydrogen-bond acceptors (Lipinski definition) is 5. The maximum absolute atomic E-state index is 12.5. The third-order valence-electron chi connectivity index (χ3n) is 4.00. The van der Waals surface area contributed by atoms with E-state index in [-0.39, 0.29) is 5.69 Å². The van der Waals surface area contributed by atoms with E-state index in [0.717, 1.165) is 5.56 Å². The van der Waals surface area contributed by atoms with Gasteiger partial charge in [-0.1, -0.05) is 35.9 Å². The second-order valence-corrected chi connectivity index (χ2v) is 6.38. The zero-order chi connectivity index (χ0) is 19.6. The van der Waals surface area contributed by atoms with Crippen molar-refractivity contribution in [3.8, 4) is 0 Å². The van der Waals surface area contributed by atoms with Gasteiger partial charge in [-0.3, -0.25) is 9.59 Å². The number of hydrogen-bond donors (Lipinski definition) is 2. The summed E-state index contributed by atoms with van der Waals surface area (Å²) < 4.78 is 5.22. The minimum atomic E-state index is -1.08. The first kappa shape index (κ1) is 18.6. The number of nitrogens with zero attached hydrogens (tertiary/aromatic N) is 1. The van der Waals surface area contributed by atoms with Crippen LogP contribution in [0.2, 0.25) is 5.02 Å². The van der Waals surface area contributed by atoms with Crippen molar-refractivity contribution in [1.29, 1.82) is 0 Å². The van der Waals surface area contributed by atoms with Crippen molar-refractivity contribution in [2.24, 2.45) is 0 Å². The highest BCUT2D eigenvalue weighted by Gasteiger charge is 2.22. The molecule has 0 saturated heterocycles. The molecule has 0 bridgehead atoms. The molecule has 0 fully saturated rings. The van der Waals surface area contributed by atoms with Crippen molar-refractivity contribution in [2.75, 3.05) is 5.32 Å². The number of carbonyl (C=O) groups is 2. The number of H-pyrrole nitrogens is 1. The Kier molecular flexibility index (Phi) is 5.23. The van der Waals surface area contributed by atoms with Gasteiger partial charge in [0.15, 0.2) is 11.8 Å². The van der Waals surface area contributed by atoms with Crippen LogP contribution in [-0.2, 0) is 9.53 Å². The minimum Gasteiger partial charge on any atom is -0.448 e. The molecule has 8 heteroatoms. The Bertz CT molecular complexity index is 1090. The summed E-state index contributed by atoms with van der Waals surface area (Å²) in [5.41, 5.74) is 0.871. The van der Waals surface area contributed by atoms with E-state index in [9.17, 15) is 14.4 Å². The van der Waals surface area contributed by atoms with Gasteiger partial charge in [0.1, 0.15) is 0 Å². The molecule has 0 spiro atoms. The Morgan fingerprint density at radius 2 is 1.89 bits per heavy atom. The molecular weight excluding hydrogens is 370 g/mol. The van der Waals surface area contributed by atoms with Crippen molar-refractivity contribution in [1.82, 2.24) is 10.2 Å². The van der Waals surface area contributed by atoms with Crippen LogP contribution in [-0.4, -0.2) is 28.2 Å². The molecule has 7 nitrogen and oxygen atoms in total. The van der Waals surface area contributed by atoms with Gasteiger partial charge in [0, 0.05) is 16.1 Å². The van der Waals surface area contributed by atoms with Crippen molar-refractivity contribution in [2.45, 2.75) is 20.0 Å². The average molecular weight is 386 g/mol. The van der Waals surface area contributed by atoms with E-state index in [1.807, 2.05) is 6.92 Å². The number of halogens is 1. The number of fused-ring (bicyclic) bond motifs is 1. The predicted octanol–water partition coefficient (Wildman–Crippen LogP) is 3.07. The fourth-order valence-electron chi connectivity index (χ4n) is 2.50. The Morgan fingerprint density at radius 3 is 2.63 bits per heavy atom. The summed E-state index contributed by atoms with van der Waals surface area (Å²) in [7, 11) is 0. The van der Waals surface area contributed by atoms with Crippen LogP contribution in [0.4, 0.5) is 5.69 Å². The monoisotopic (exact) mass is 385 g/mol. The van der Waals surface area contributed by atoms with Gasteiger partial charge < -0.3 is 10.1 Å². The van der Waals surface area contributed by atoms with Crippen LogP contribution in [0.1, 0.15) is 23.0 Å². The van der Waals surface area contributed by atoms with E-state index in [1.165, 1.54) is 6.92 Å². The Balaban J connectivity index is 1.78. The van der Waals surface area contributed by atoms with Gasteiger partial charge in [-0.15, -0.1) is 0 Å². The number of anilines is 1. The Hall–Kier alpha value is -3.19. The summed E-state index contributed by atoms with van der Waals surface area (Å²) in [6.45, 7) is 3.26. The smallest absolute Gasteiger partial charge is 0.360 e. The lowest BCUT2D eigenvalue weighted by atomic mass is 10.1. The molecule has 138 valence electrons. The summed E-state index contributed by atoms with van der Waals surface area (Å²) in [6.07, 6.45) is -1.08. The average Bonchev–Trinajstić information content (AvgIpc) is 2.65. The topological polar surface area (TPSA) is 101 Å². The van der Waals surface area contributed by atoms with E-state index in [1.54, 1.807) is 42.5 Å². The summed E-state index contributed by atoms with van der Waals surface area (Å²) >= 11 is 5.94. The molecule has 2 aromatic carbocycles. The second-order valence-electron chi connectivity index (χ2n) is 5.94. The number of rotatable bonds is 4. The highest BCUT2D eigenvalue weighted by atomic mass is 35.5. The molecule has 0 radical (unpaired) electrons. The lowest BCUT2D eigenvalue weighted by Gasteiger charge is -2.15. The lowest BCUT2D eigenvalue weighted by Crippen LogP contribution is -2.31. The highest BCUT2D eigenvalue weighted by molar-refractivity contribution is 6.31. The number of ether oxygens (including phenoxy) is 1. The quantitative estimate of drug-likeness (QED) is 0.672. The SMILES string of the molecule is Cc1ccc(Cl)cc1NC(=O)C(C)OC(=O)c1n[nH]c(=O)c2ccccc12. The van der Waals surface area contributed by atoms with Crippen LogP contribution in [0.3, 0.4) is 0 Å². The predicted molar refractivity (Wildman–Crippen MR) is 102 cm³/mol. The number of nitrogens with one attached hydrogen (secondary N) is 2. The third kappa shape index (κ3) is 3.98. The zero-order valence-electron chi connectivity index (χ0n) is 14.6. The van der Waals surface area contributed by atoms with Crippen molar-refractivity contribution >= 4 is 39.9 Å². The number of carbonyl (C=O) groups excluding carboxylic acids is 2. The van der Waals surface area contributed by atoms with Gasteiger partial charge in [-0.2, -0.15) is 5.10 Å². The first-order valence-corrected chi connectivity index (χ1v) is 8.50. The fourth-order valence-corrected chi connectivity index (χ4v) is 2.68. The number of aromatic amines is 1. The van der Waals surface area contributed by atoms with Gasteiger partial charge in [-0.05, 0) is 37.6 Å². The van der Waals surface area contributed by atoms with E-state index in [4.69, 9.17) is 16.3 Å². The van der Waals surface area contributed by atoms with Crippen LogP contribution < -0.4 is 10.9 Å². The zero-order valence-corrected chi connectivity index (χ0v) is 15.3. The second kappa shape index (κ2) is 7.59. The van der Waals surface area contributed by atoms with Crippen LogP contribution in [0.5, 0.6) is 0 Å². The maximum Gasteiger partial charge on any atom is 0.360 e. The molecular formula is C19H16ClN3O4. The molecule has 0 aliphatic rings. The van der Waals surface area contributed by atoms with Crippen molar-refractivity contribution in [3.63, 3.8) is 0 Å². The van der Waals surface area contributed by atoms with E-state index >= 15 is 0 Å². The summed E-state index contributed by atoms with van der Waals surface area (Å²) in [5.74, 6) is -1.32. The number of amides is 1. The van der Waals surface area contributed by atoms with Gasteiger partial charge in [0.2, 0.25) is 0 Å². The first-order valence-electron chi connectivity index (χ1n) is 8.12. The number of aryl methyl sites for hydroxylation is 1. The van der Waals surface area contributed by atoms with Crippen LogP contribution in [0.25, 0.3) is 10.8 Å². The minimum absolute atomic E-state index is 0.0659. The molecule has 1 atom stereocenters. The molecule has 1 amide bonds. The van der Waals surface area contributed by atoms with Crippen LogP contribution in [0.15, 0.2) is 47.3 Å². The molecule has 3 aromatic rings. The van der Waals surface area contributed by atoms with Gasteiger partial charge in [0.25, 0.3) is 11.5 Å². The van der Waals surface area contributed by atoms with Crippen LogP contribution >= 0.6 is 11.6 Å². The van der Waals surface area contributed by atoms with Gasteiger partial charge >= 0.3 is 5.97 Å². The molecule has 0 aliphatic heterocycles. The van der Waals surface area contributed by atoms with Crippen molar-refractivity contribution < 1.29 is 14.3 Å². The van der Waals surface area contributed by atoms with E-state index in [0.29, 0.717) is 21.5 Å². The molecule has 1 aromatic heterocycles. The largest absolute Gasteiger partial charge is 0.448 e. The van der Waals surface area contributed by atoms with Gasteiger partial charge in [0.05, 0.1) is 5.39 Å². The Morgan fingerprint density at radius 1 is 1.19 bits per heavy atom. The van der Waals surface area contributed by atoms with Crippen molar-refractivity contribution in [3.05, 3.63) is 69.1 Å². The fraction of sp³-hybridized carbons (Fsp3) is 0.158. The number of aromatic nitrogens is 2. The normalized spacial score (nSPS) is 11.8. The molecule has 0 saturated carbocycles. The lowest BCUT2D eigenvalue weighted by molar-refractivity contribution is -0.123. The Labute approximate surface area is 159 Å². The number of esters is 1. The number of benzene rings is 2. The highest BCUT2D eigenvalue weighted by Crippen LogP contribution is 2.21. The molecule has 0 aliphatic carbocycles. The molecule has 27 heavy (non-hydrogen) atoms. The molecule has 3 rings (SSSR count). The summed E-state index contributed by atoms with van der Waals surface area (Å²) in [5, 5.41) is 9.84. The third-order valence-corrected chi connectivity index (χ3v) is 4.24. The summed E-state index contributed by atoms with van der Waals surface area (Å²) in [6, 6.07) is 11.6. The van der Waals surface area contributed by atoms with E-state index < -0.39 is 23.5 Å². The summed E-state index contributed by atoms with van der Waals surface area (Å²) in [4.78, 5) is 36.6. The molecule has 2 N–H and O–H groups in total. The molecule has 1 unspecified atom stereocenters. The van der Waals surface area contributed by atoms with Gasteiger partial charge in [-0.25, -0.2) is 9.89 Å². The molecule has 1 heterocycles. The first-order chi connectivity index (χ1) is 12.9. The van der Waals surface area contributed by atoms with Crippen LogP contribution in [0, 0.1) is 6.92 Å². The standard InChI is InChI=1S/C19H16ClN3O4/c1-10-7-8-12(20)9-15(10)21-17(24)11(2)27-19(26)16-13-5-3-4-6-14(13)18(25)23-22-16/h3-9,11H,1-2H3,(H,21,24)(H,23,25). The van der Waals surface area contributed by atoms with E-state index in [2.05, 4.69) is 15.5 Å².